The standard InChI is InChI=1S/C15H23NO2/c1-10(2)6-13(16)12-4-5-14-15(7-12)18-9-11(3)8-17-14/h4-5,7,10-11,13H,6,8-9,16H2,1-3H3. The number of nitrogens with two attached hydrogens (primary N) is 1. The van der Waals surface area contributed by atoms with E-state index >= 15 is 0 Å². The van der Waals surface area contributed by atoms with Crippen LogP contribution in [0.3, 0.4) is 0 Å². The van der Waals surface area contributed by atoms with Crippen molar-refractivity contribution in [3.63, 3.8) is 0 Å². The summed E-state index contributed by atoms with van der Waals surface area (Å²) in [7, 11) is 0. The Hall–Kier alpha value is -1.22. The fraction of sp³-hybridized carbons (Fsp3) is 0.600. The van der Waals surface area contributed by atoms with Crippen LogP contribution in [0.2, 0.25) is 0 Å². The van der Waals surface area contributed by atoms with Crippen molar-refractivity contribution in [1.29, 1.82) is 0 Å². The summed E-state index contributed by atoms with van der Waals surface area (Å²) in [5.41, 5.74) is 7.32. The highest BCUT2D eigenvalue weighted by Crippen LogP contribution is 2.33. The van der Waals surface area contributed by atoms with Crippen LogP contribution >= 0.6 is 0 Å². The summed E-state index contributed by atoms with van der Waals surface area (Å²) in [5, 5.41) is 0. The number of fused-ring (bicyclic) bond motifs is 1. The molecule has 2 atom stereocenters. The minimum absolute atomic E-state index is 0.0691. The first kappa shape index (κ1) is 13.2. The van der Waals surface area contributed by atoms with Gasteiger partial charge in [0.1, 0.15) is 0 Å². The Morgan fingerprint density at radius 3 is 2.56 bits per heavy atom. The molecule has 1 aromatic rings. The van der Waals surface area contributed by atoms with Gasteiger partial charge in [0.15, 0.2) is 11.5 Å². The van der Waals surface area contributed by atoms with E-state index in [1.165, 1.54) is 0 Å². The predicted molar refractivity (Wildman–Crippen MR) is 73.0 cm³/mol. The third-order valence-corrected chi connectivity index (χ3v) is 3.17. The summed E-state index contributed by atoms with van der Waals surface area (Å²) < 4.78 is 11.5. The van der Waals surface area contributed by atoms with E-state index in [1.54, 1.807) is 0 Å². The van der Waals surface area contributed by atoms with Crippen molar-refractivity contribution in [3.8, 4) is 11.5 Å². The van der Waals surface area contributed by atoms with Crippen LogP contribution in [0.25, 0.3) is 0 Å². The summed E-state index contributed by atoms with van der Waals surface area (Å²) in [6, 6.07) is 6.12. The van der Waals surface area contributed by atoms with Crippen molar-refractivity contribution in [3.05, 3.63) is 23.8 Å². The first-order chi connectivity index (χ1) is 8.56. The van der Waals surface area contributed by atoms with Crippen LogP contribution in [0.15, 0.2) is 18.2 Å². The molecule has 2 N–H and O–H groups in total. The van der Waals surface area contributed by atoms with Crippen LogP contribution in [-0.4, -0.2) is 13.2 Å². The van der Waals surface area contributed by atoms with Crippen molar-refractivity contribution in [2.45, 2.75) is 33.2 Å². The van der Waals surface area contributed by atoms with Crippen LogP contribution in [0, 0.1) is 11.8 Å². The van der Waals surface area contributed by atoms with Crippen LogP contribution in [0.1, 0.15) is 38.8 Å². The van der Waals surface area contributed by atoms with Crippen LogP contribution in [-0.2, 0) is 0 Å². The molecule has 2 unspecified atom stereocenters. The molecular weight excluding hydrogens is 226 g/mol. The van der Waals surface area contributed by atoms with Gasteiger partial charge in [-0.25, -0.2) is 0 Å². The van der Waals surface area contributed by atoms with Gasteiger partial charge in [-0.3, -0.25) is 0 Å². The van der Waals surface area contributed by atoms with Crippen molar-refractivity contribution < 1.29 is 9.47 Å². The number of benzene rings is 1. The lowest BCUT2D eigenvalue weighted by atomic mass is 9.97. The molecule has 0 spiro atoms. The summed E-state index contributed by atoms with van der Waals surface area (Å²) in [6.45, 7) is 7.91. The summed E-state index contributed by atoms with van der Waals surface area (Å²) in [4.78, 5) is 0. The third-order valence-electron chi connectivity index (χ3n) is 3.17. The van der Waals surface area contributed by atoms with Gasteiger partial charge in [-0.1, -0.05) is 26.8 Å². The highest BCUT2D eigenvalue weighted by molar-refractivity contribution is 5.44. The lowest BCUT2D eigenvalue weighted by Gasteiger charge is -2.16. The molecule has 2 rings (SSSR count). The summed E-state index contributed by atoms with van der Waals surface area (Å²) in [5.74, 6) is 2.68. The number of hydrogen-bond donors (Lipinski definition) is 1. The first-order valence-electron chi connectivity index (χ1n) is 6.71. The largest absolute Gasteiger partial charge is 0.489 e. The van der Waals surface area contributed by atoms with Crippen molar-refractivity contribution in [1.82, 2.24) is 0 Å². The van der Waals surface area contributed by atoms with Crippen molar-refractivity contribution >= 4 is 0 Å². The molecule has 1 aliphatic heterocycles. The third kappa shape index (κ3) is 3.16. The smallest absolute Gasteiger partial charge is 0.161 e. The van der Waals surface area contributed by atoms with Gasteiger partial charge in [-0.15, -0.1) is 0 Å². The van der Waals surface area contributed by atoms with E-state index in [9.17, 15) is 0 Å². The topological polar surface area (TPSA) is 44.5 Å². The monoisotopic (exact) mass is 249 g/mol. The Bertz CT molecular complexity index is 403. The van der Waals surface area contributed by atoms with Gasteiger partial charge in [-0.2, -0.15) is 0 Å². The lowest BCUT2D eigenvalue weighted by molar-refractivity contribution is 0.228. The first-order valence-corrected chi connectivity index (χ1v) is 6.71. The predicted octanol–water partition coefficient (Wildman–Crippen LogP) is 3.14. The van der Waals surface area contributed by atoms with Gasteiger partial charge in [0.05, 0.1) is 13.2 Å². The van der Waals surface area contributed by atoms with Gasteiger partial charge in [0.2, 0.25) is 0 Å². The van der Waals surface area contributed by atoms with Crippen LogP contribution in [0.5, 0.6) is 11.5 Å². The molecule has 0 radical (unpaired) electrons. The summed E-state index contributed by atoms with van der Waals surface area (Å²) >= 11 is 0. The molecule has 100 valence electrons. The normalized spacial score (nSPS) is 20.6. The highest BCUT2D eigenvalue weighted by atomic mass is 16.5. The molecule has 3 heteroatoms. The molecule has 1 heterocycles. The molecule has 1 aliphatic rings. The van der Waals surface area contributed by atoms with E-state index in [-0.39, 0.29) is 6.04 Å². The molecule has 0 amide bonds. The quantitative estimate of drug-likeness (QED) is 0.895. The molecule has 1 aromatic carbocycles. The fourth-order valence-corrected chi connectivity index (χ4v) is 2.14. The maximum absolute atomic E-state index is 6.20. The van der Waals surface area contributed by atoms with Crippen molar-refractivity contribution in [2.24, 2.45) is 17.6 Å². The highest BCUT2D eigenvalue weighted by Gasteiger charge is 2.17. The number of hydrogen-bond acceptors (Lipinski definition) is 3. The Morgan fingerprint density at radius 2 is 1.89 bits per heavy atom. The van der Waals surface area contributed by atoms with E-state index in [4.69, 9.17) is 15.2 Å². The SMILES string of the molecule is CC(C)CC(N)c1ccc2c(c1)OCC(C)CO2. The average Bonchev–Trinajstić information content (AvgIpc) is 2.50. The molecule has 0 aromatic heterocycles. The minimum atomic E-state index is 0.0691. The Balaban J connectivity index is 2.16. The fourth-order valence-electron chi connectivity index (χ4n) is 2.14. The molecule has 3 nitrogen and oxygen atoms in total. The van der Waals surface area contributed by atoms with Gasteiger partial charge in [-0.05, 0) is 30.0 Å². The molecular formula is C15H23NO2. The summed E-state index contributed by atoms with van der Waals surface area (Å²) in [6.07, 6.45) is 0.982. The molecule has 0 bridgehead atoms. The average molecular weight is 249 g/mol. The number of rotatable bonds is 3. The second-order valence-electron chi connectivity index (χ2n) is 5.67. The Morgan fingerprint density at radius 1 is 1.22 bits per heavy atom. The molecule has 18 heavy (non-hydrogen) atoms. The zero-order valence-corrected chi connectivity index (χ0v) is 11.5. The molecule has 0 saturated carbocycles. The van der Waals surface area contributed by atoms with Gasteiger partial charge in [0, 0.05) is 12.0 Å². The van der Waals surface area contributed by atoms with Gasteiger partial charge < -0.3 is 15.2 Å². The minimum Gasteiger partial charge on any atom is -0.489 e. The van der Waals surface area contributed by atoms with E-state index in [0.29, 0.717) is 25.0 Å². The number of ether oxygens (including phenoxy) is 2. The Kier molecular flexibility index (Phi) is 4.12. The van der Waals surface area contributed by atoms with E-state index < -0.39 is 0 Å². The molecule has 0 fully saturated rings. The molecule has 0 aliphatic carbocycles. The zero-order valence-electron chi connectivity index (χ0n) is 11.5. The van der Waals surface area contributed by atoms with Crippen molar-refractivity contribution in [2.75, 3.05) is 13.2 Å². The van der Waals surface area contributed by atoms with E-state index in [0.717, 1.165) is 23.5 Å². The van der Waals surface area contributed by atoms with Gasteiger partial charge in [0.25, 0.3) is 0 Å². The second kappa shape index (κ2) is 5.61. The van der Waals surface area contributed by atoms with Crippen LogP contribution in [0.4, 0.5) is 0 Å². The van der Waals surface area contributed by atoms with E-state index in [1.807, 2.05) is 18.2 Å². The zero-order chi connectivity index (χ0) is 13.1. The van der Waals surface area contributed by atoms with E-state index in [2.05, 4.69) is 20.8 Å². The van der Waals surface area contributed by atoms with Gasteiger partial charge >= 0.3 is 0 Å². The Labute approximate surface area is 109 Å². The maximum Gasteiger partial charge on any atom is 0.161 e. The second-order valence-corrected chi connectivity index (χ2v) is 5.67. The maximum atomic E-state index is 6.20. The lowest BCUT2D eigenvalue weighted by Crippen LogP contribution is -2.13. The molecule has 0 saturated heterocycles. The van der Waals surface area contributed by atoms with Crippen LogP contribution < -0.4 is 15.2 Å².